The molecule has 0 bridgehead atoms. The predicted octanol–water partition coefficient (Wildman–Crippen LogP) is -0.806. The summed E-state index contributed by atoms with van der Waals surface area (Å²) in [6, 6.07) is 7.24. The Kier molecular flexibility index (Phi) is 21.6. The van der Waals surface area contributed by atoms with Crippen LogP contribution in [0.4, 0.5) is 0 Å². The van der Waals surface area contributed by atoms with Crippen LogP contribution in [0.25, 0.3) is 5.32 Å². The van der Waals surface area contributed by atoms with Gasteiger partial charge in [0, 0.05) is 47.4 Å². The summed E-state index contributed by atoms with van der Waals surface area (Å²) in [6.07, 6.45) is 4.50. The monoisotopic (exact) mass is 590 g/mol. The van der Waals surface area contributed by atoms with E-state index >= 15 is 0 Å². The molecular formula is C26H41N4O6Rb. The Morgan fingerprint density at radius 1 is 0.811 bits per heavy atom. The number of amides is 4. The summed E-state index contributed by atoms with van der Waals surface area (Å²) in [5, 5.41) is 12.0. The molecule has 202 valence electrons. The molecule has 0 fully saturated rings. The van der Waals surface area contributed by atoms with Crippen molar-refractivity contribution in [3.63, 3.8) is 0 Å². The quantitative estimate of drug-likeness (QED) is 0.180. The Morgan fingerprint density at radius 2 is 1.49 bits per heavy atom. The van der Waals surface area contributed by atoms with Crippen LogP contribution in [-0.2, 0) is 41.7 Å². The van der Waals surface area contributed by atoms with E-state index < -0.39 is 0 Å². The number of carbonyl (C=O) groups excluding carboxylic acids is 5. The van der Waals surface area contributed by atoms with Crippen molar-refractivity contribution in [2.45, 2.75) is 64.8 Å². The summed E-state index contributed by atoms with van der Waals surface area (Å²) in [5.41, 5.74) is 1.66. The average molecular weight is 591 g/mol. The second kappa shape index (κ2) is 22.5. The molecule has 1 aromatic rings. The third-order valence-corrected chi connectivity index (χ3v) is 5.22. The van der Waals surface area contributed by atoms with Gasteiger partial charge in [0.2, 0.25) is 17.7 Å². The van der Waals surface area contributed by atoms with Crippen LogP contribution in [0.2, 0.25) is 0 Å². The van der Waals surface area contributed by atoms with Gasteiger partial charge in [-0.3, -0.25) is 14.4 Å². The third-order valence-electron chi connectivity index (χ3n) is 5.22. The number of nitrogens with zero attached hydrogens (tertiary/aromatic N) is 1. The minimum Gasteiger partial charge on any atom is -0.648 e. The molecule has 0 spiro atoms. The Balaban J connectivity index is 0. The van der Waals surface area contributed by atoms with Crippen molar-refractivity contribution in [2.24, 2.45) is 0 Å². The molecule has 0 saturated heterocycles. The molecule has 0 saturated carbocycles. The minimum atomic E-state index is -0.371. The van der Waals surface area contributed by atoms with Crippen molar-refractivity contribution in [1.82, 2.24) is 16.0 Å². The number of rotatable bonds is 19. The van der Waals surface area contributed by atoms with Crippen LogP contribution in [-0.4, -0.2) is 62.8 Å². The molecule has 0 aliphatic carbocycles. The summed E-state index contributed by atoms with van der Waals surface area (Å²) in [6.45, 7) is 2.85. The SMILES string of the molecule is CNC(=O)CCNC(=O)Cc1ccc(C[N-]C(=O)COCCCC(=O)NCCCCCC(C)=O)cc1.[HH].[Rb+]. The molecule has 0 unspecified atom stereocenters. The van der Waals surface area contributed by atoms with Gasteiger partial charge in [-0.05, 0) is 31.7 Å². The van der Waals surface area contributed by atoms with Crippen molar-refractivity contribution in [1.29, 1.82) is 0 Å². The van der Waals surface area contributed by atoms with Gasteiger partial charge >= 0.3 is 58.2 Å². The molecule has 0 atom stereocenters. The van der Waals surface area contributed by atoms with E-state index in [2.05, 4.69) is 21.3 Å². The van der Waals surface area contributed by atoms with Crippen molar-refractivity contribution in [2.75, 3.05) is 33.4 Å². The van der Waals surface area contributed by atoms with Crippen LogP contribution in [0.3, 0.4) is 0 Å². The molecule has 0 heterocycles. The molecule has 1 aromatic carbocycles. The van der Waals surface area contributed by atoms with Crippen LogP contribution in [0, 0.1) is 0 Å². The van der Waals surface area contributed by atoms with Crippen LogP contribution in [0.1, 0.15) is 64.4 Å². The van der Waals surface area contributed by atoms with E-state index in [0.29, 0.717) is 32.4 Å². The maximum absolute atomic E-state index is 11.9. The van der Waals surface area contributed by atoms with E-state index in [1.807, 2.05) is 12.1 Å². The zero-order valence-corrected chi connectivity index (χ0v) is 27.3. The van der Waals surface area contributed by atoms with Crippen LogP contribution in [0.15, 0.2) is 24.3 Å². The van der Waals surface area contributed by atoms with E-state index in [0.717, 1.165) is 30.4 Å². The van der Waals surface area contributed by atoms with Crippen LogP contribution >= 0.6 is 0 Å². The van der Waals surface area contributed by atoms with E-state index in [4.69, 9.17) is 4.74 Å². The number of nitrogens with one attached hydrogen (secondary N) is 3. The molecule has 37 heavy (non-hydrogen) atoms. The maximum atomic E-state index is 11.9. The molecule has 0 aromatic heterocycles. The van der Waals surface area contributed by atoms with Crippen molar-refractivity contribution >= 4 is 29.4 Å². The molecule has 11 heteroatoms. The second-order valence-electron chi connectivity index (χ2n) is 8.50. The number of carbonyl (C=O) groups is 5. The number of hydrogen-bond acceptors (Lipinski definition) is 6. The number of ketones is 1. The maximum Gasteiger partial charge on any atom is 1.00 e. The molecule has 10 nitrogen and oxygen atoms in total. The van der Waals surface area contributed by atoms with E-state index in [1.54, 1.807) is 26.1 Å². The van der Waals surface area contributed by atoms with Gasteiger partial charge in [0.1, 0.15) is 5.78 Å². The van der Waals surface area contributed by atoms with E-state index in [9.17, 15) is 24.0 Å². The Bertz CT molecular complexity index is 855. The second-order valence-corrected chi connectivity index (χ2v) is 8.50. The topological polar surface area (TPSA) is 145 Å². The van der Waals surface area contributed by atoms with Gasteiger partial charge in [-0.1, -0.05) is 36.2 Å². The van der Waals surface area contributed by atoms with Gasteiger partial charge in [-0.2, -0.15) is 0 Å². The van der Waals surface area contributed by atoms with Crippen molar-refractivity contribution < 1.29 is 88.3 Å². The molecule has 4 amide bonds. The Labute approximate surface area is 270 Å². The minimum absolute atomic E-state index is 0. The van der Waals surface area contributed by atoms with Gasteiger partial charge < -0.3 is 35.6 Å². The fourth-order valence-corrected chi connectivity index (χ4v) is 3.16. The first-order chi connectivity index (χ1) is 17.3. The molecule has 0 radical (unpaired) electrons. The van der Waals surface area contributed by atoms with E-state index in [-0.39, 0.29) is 122 Å². The van der Waals surface area contributed by atoms with Gasteiger partial charge in [0.15, 0.2) is 0 Å². The molecular weight excluding hydrogens is 550 g/mol. The smallest absolute Gasteiger partial charge is 0.648 e. The molecule has 0 aliphatic rings. The molecule has 0 aliphatic heterocycles. The predicted molar refractivity (Wildman–Crippen MR) is 138 cm³/mol. The van der Waals surface area contributed by atoms with E-state index in [1.165, 1.54) is 0 Å². The first-order valence-electron chi connectivity index (χ1n) is 12.4. The fourth-order valence-electron chi connectivity index (χ4n) is 3.16. The van der Waals surface area contributed by atoms with Crippen LogP contribution < -0.4 is 74.1 Å². The zero-order chi connectivity index (χ0) is 26.6. The summed E-state index contributed by atoms with van der Waals surface area (Å²) in [4.78, 5) is 57.6. The first kappa shape index (κ1) is 35.5. The standard InChI is InChI=1S/C26H40N4O6.Rb.H2/c1-20(31)7-4-3-5-14-28-24(33)8-6-16-36-19-26(35)30-18-22-11-9-21(10-12-22)17-25(34)29-15-13-23(32)27-2;;/h9-12H,3-8,13-19H2,1-2H3,(H4,27,28,29,30,32,33,34,35);;1H/q;+1;/p-1. The average Bonchev–Trinajstić information content (AvgIpc) is 2.85. The van der Waals surface area contributed by atoms with Gasteiger partial charge in [-0.25, -0.2) is 0 Å². The van der Waals surface area contributed by atoms with Crippen LogP contribution in [0.5, 0.6) is 0 Å². The summed E-state index contributed by atoms with van der Waals surface area (Å²) < 4.78 is 5.31. The number of benzene rings is 1. The van der Waals surface area contributed by atoms with Gasteiger partial charge in [0.25, 0.3) is 0 Å². The normalized spacial score (nSPS) is 10.1. The Hall–Kier alpha value is -1.46. The largest absolute Gasteiger partial charge is 1.00 e. The fraction of sp³-hybridized carbons (Fsp3) is 0.577. The van der Waals surface area contributed by atoms with Crippen molar-refractivity contribution in [3.05, 3.63) is 40.7 Å². The Morgan fingerprint density at radius 3 is 2.16 bits per heavy atom. The zero-order valence-electron chi connectivity index (χ0n) is 22.4. The third kappa shape index (κ3) is 20.2. The summed E-state index contributed by atoms with van der Waals surface area (Å²) in [7, 11) is 1.55. The summed E-state index contributed by atoms with van der Waals surface area (Å²) in [5.74, 6) is -0.524. The van der Waals surface area contributed by atoms with Gasteiger partial charge in [-0.15, -0.1) is 6.54 Å². The molecule has 3 N–H and O–H groups in total. The molecule has 1 rings (SSSR count). The number of Topliss-reactive ketones (excluding diaryl/α,β-unsaturated/α-hetero) is 1. The first-order valence-corrected chi connectivity index (χ1v) is 12.4. The number of ether oxygens (including phenoxy) is 1. The summed E-state index contributed by atoms with van der Waals surface area (Å²) >= 11 is 0. The number of unbranched alkanes of at least 4 members (excludes halogenated alkanes) is 2. The van der Waals surface area contributed by atoms with Crippen molar-refractivity contribution in [3.8, 4) is 0 Å². The van der Waals surface area contributed by atoms with Gasteiger partial charge in [0.05, 0.1) is 18.9 Å². The number of hydrogen-bond donors (Lipinski definition) is 3.